The first kappa shape index (κ1) is 20.3. The number of benzene rings is 2. The first-order chi connectivity index (χ1) is 13.1. The molecular weight excluding hydrogens is 342 g/mol. The number of hydrogen-bond donors (Lipinski definition) is 0. The first-order valence-electron chi connectivity index (χ1n) is 10.3. The van der Waals surface area contributed by atoms with Crippen molar-refractivity contribution in [3.63, 3.8) is 0 Å². The maximum absolute atomic E-state index is 4.90. The van der Waals surface area contributed by atoms with Crippen molar-refractivity contribution < 1.29 is 0 Å². The average Bonchev–Trinajstić information content (AvgIpc) is 3.05. The molecule has 0 aliphatic rings. The van der Waals surface area contributed by atoms with Gasteiger partial charge in [-0.25, -0.2) is 9.67 Å². The summed E-state index contributed by atoms with van der Waals surface area (Å²) in [6.07, 6.45) is 1.92. The minimum atomic E-state index is 0.0652. The highest BCUT2D eigenvalue weighted by Gasteiger charge is 2.22. The van der Waals surface area contributed by atoms with E-state index in [0.29, 0.717) is 0 Å². The van der Waals surface area contributed by atoms with Crippen LogP contribution in [0.2, 0.25) is 0 Å². The van der Waals surface area contributed by atoms with Crippen molar-refractivity contribution in [2.75, 3.05) is 0 Å². The van der Waals surface area contributed by atoms with Crippen molar-refractivity contribution in [3.05, 3.63) is 65.5 Å². The predicted molar refractivity (Wildman–Crippen MR) is 118 cm³/mol. The SMILES string of the molecule is CCCc1nc(-c2ccccc2)n(-c2cc(C(C)(C)C)cc(C(C)(C)C)c2)n1. The third-order valence-electron chi connectivity index (χ3n) is 5.05. The molecule has 3 heteroatoms. The smallest absolute Gasteiger partial charge is 0.163 e. The van der Waals surface area contributed by atoms with Crippen molar-refractivity contribution in [2.24, 2.45) is 0 Å². The van der Waals surface area contributed by atoms with Gasteiger partial charge in [0.25, 0.3) is 0 Å². The molecule has 28 heavy (non-hydrogen) atoms. The molecular formula is C25H33N3. The van der Waals surface area contributed by atoms with Gasteiger partial charge in [0.1, 0.15) is 0 Å². The van der Waals surface area contributed by atoms with Crippen LogP contribution in [0.4, 0.5) is 0 Å². The Morgan fingerprint density at radius 1 is 0.821 bits per heavy atom. The van der Waals surface area contributed by atoms with Crippen molar-refractivity contribution >= 4 is 0 Å². The number of nitrogens with zero attached hydrogens (tertiary/aromatic N) is 3. The van der Waals surface area contributed by atoms with Gasteiger partial charge in [-0.2, -0.15) is 5.10 Å². The topological polar surface area (TPSA) is 30.7 Å². The molecule has 0 atom stereocenters. The molecule has 3 aromatic rings. The molecule has 0 N–H and O–H groups in total. The highest BCUT2D eigenvalue weighted by molar-refractivity contribution is 5.59. The lowest BCUT2D eigenvalue weighted by Gasteiger charge is -2.26. The van der Waals surface area contributed by atoms with Crippen molar-refractivity contribution in [1.82, 2.24) is 14.8 Å². The molecule has 0 saturated heterocycles. The molecule has 0 saturated carbocycles. The molecule has 0 aliphatic heterocycles. The van der Waals surface area contributed by atoms with Crippen LogP contribution in [0.3, 0.4) is 0 Å². The maximum Gasteiger partial charge on any atom is 0.163 e. The van der Waals surface area contributed by atoms with E-state index in [9.17, 15) is 0 Å². The summed E-state index contributed by atoms with van der Waals surface area (Å²) >= 11 is 0. The molecule has 0 unspecified atom stereocenters. The van der Waals surface area contributed by atoms with Gasteiger partial charge in [-0.3, -0.25) is 0 Å². The van der Waals surface area contributed by atoms with Gasteiger partial charge >= 0.3 is 0 Å². The van der Waals surface area contributed by atoms with Crippen LogP contribution in [0, 0.1) is 0 Å². The summed E-state index contributed by atoms with van der Waals surface area (Å²) in [5.41, 5.74) is 4.95. The molecule has 0 bridgehead atoms. The standard InChI is InChI=1S/C25H33N3/c1-8-12-22-26-23(18-13-10-9-11-14-18)28(27-22)21-16-19(24(2,3)4)15-20(17-21)25(5,6)7/h9-11,13-17H,8,12H2,1-7H3. The Balaban J connectivity index is 2.25. The van der Waals surface area contributed by atoms with Crippen LogP contribution < -0.4 is 0 Å². The molecule has 0 fully saturated rings. The predicted octanol–water partition coefficient (Wildman–Crippen LogP) is 6.48. The van der Waals surface area contributed by atoms with Crippen molar-refractivity contribution in [2.45, 2.75) is 72.1 Å². The summed E-state index contributed by atoms with van der Waals surface area (Å²) in [6.45, 7) is 15.8. The number of aryl methyl sites for hydroxylation is 1. The normalized spacial score (nSPS) is 12.4. The fourth-order valence-electron chi connectivity index (χ4n) is 3.24. The Bertz CT molecular complexity index is 906. The molecule has 1 aromatic heterocycles. The van der Waals surface area contributed by atoms with E-state index in [2.05, 4.69) is 90.9 Å². The zero-order valence-corrected chi connectivity index (χ0v) is 18.4. The van der Waals surface area contributed by atoms with Gasteiger partial charge in [-0.15, -0.1) is 0 Å². The molecule has 3 rings (SSSR count). The van der Waals surface area contributed by atoms with Crippen LogP contribution in [-0.4, -0.2) is 14.8 Å². The number of aromatic nitrogens is 3. The third-order valence-corrected chi connectivity index (χ3v) is 5.05. The van der Waals surface area contributed by atoms with E-state index in [4.69, 9.17) is 10.1 Å². The molecule has 0 aliphatic carbocycles. The van der Waals surface area contributed by atoms with Gasteiger partial charge in [-0.05, 0) is 40.5 Å². The van der Waals surface area contributed by atoms with Crippen molar-refractivity contribution in [3.8, 4) is 17.1 Å². The second-order valence-electron chi connectivity index (χ2n) is 9.65. The summed E-state index contributed by atoms with van der Waals surface area (Å²) in [7, 11) is 0. The zero-order chi connectivity index (χ0) is 20.5. The van der Waals surface area contributed by atoms with Gasteiger partial charge in [0.2, 0.25) is 0 Å². The van der Waals surface area contributed by atoms with Gasteiger partial charge < -0.3 is 0 Å². The van der Waals surface area contributed by atoms with Crippen LogP contribution >= 0.6 is 0 Å². The van der Waals surface area contributed by atoms with Crippen LogP contribution in [-0.2, 0) is 17.3 Å². The fraction of sp³-hybridized carbons (Fsp3) is 0.440. The zero-order valence-electron chi connectivity index (χ0n) is 18.4. The largest absolute Gasteiger partial charge is 0.213 e. The Morgan fingerprint density at radius 2 is 1.39 bits per heavy atom. The monoisotopic (exact) mass is 375 g/mol. The second-order valence-corrected chi connectivity index (χ2v) is 9.65. The molecule has 0 amide bonds. The van der Waals surface area contributed by atoms with Gasteiger partial charge in [0.15, 0.2) is 11.6 Å². The average molecular weight is 376 g/mol. The Hall–Kier alpha value is -2.42. The Labute approximate surface area is 169 Å². The first-order valence-corrected chi connectivity index (χ1v) is 10.3. The van der Waals surface area contributed by atoms with E-state index in [1.54, 1.807) is 0 Å². The van der Waals surface area contributed by atoms with E-state index < -0.39 is 0 Å². The highest BCUT2D eigenvalue weighted by atomic mass is 15.4. The minimum absolute atomic E-state index is 0.0652. The summed E-state index contributed by atoms with van der Waals surface area (Å²) < 4.78 is 2.03. The van der Waals surface area contributed by atoms with E-state index in [-0.39, 0.29) is 10.8 Å². The maximum atomic E-state index is 4.90. The molecule has 148 valence electrons. The van der Waals surface area contributed by atoms with E-state index >= 15 is 0 Å². The van der Waals surface area contributed by atoms with Gasteiger partial charge in [0.05, 0.1) is 5.69 Å². The molecule has 1 heterocycles. The lowest BCUT2D eigenvalue weighted by molar-refractivity contribution is 0.567. The second kappa shape index (κ2) is 7.54. The van der Waals surface area contributed by atoms with Crippen molar-refractivity contribution in [1.29, 1.82) is 0 Å². The van der Waals surface area contributed by atoms with Gasteiger partial charge in [0, 0.05) is 12.0 Å². The summed E-state index contributed by atoms with van der Waals surface area (Å²) in [5.74, 6) is 1.81. The third kappa shape index (κ3) is 4.35. The fourth-order valence-corrected chi connectivity index (χ4v) is 3.24. The molecule has 3 nitrogen and oxygen atoms in total. The quantitative estimate of drug-likeness (QED) is 0.522. The highest BCUT2D eigenvalue weighted by Crippen LogP contribution is 2.32. The Kier molecular flexibility index (Phi) is 5.47. The van der Waals surface area contributed by atoms with E-state index in [1.165, 1.54) is 11.1 Å². The lowest BCUT2D eigenvalue weighted by Crippen LogP contribution is -2.17. The summed E-state index contributed by atoms with van der Waals surface area (Å²) in [6, 6.07) is 17.2. The van der Waals surface area contributed by atoms with Crippen LogP contribution in [0.5, 0.6) is 0 Å². The van der Waals surface area contributed by atoms with E-state index in [1.807, 2.05) is 10.7 Å². The molecule has 2 aromatic carbocycles. The molecule has 0 spiro atoms. The minimum Gasteiger partial charge on any atom is -0.213 e. The summed E-state index contributed by atoms with van der Waals surface area (Å²) in [5, 5.41) is 4.90. The molecule has 0 radical (unpaired) electrons. The lowest BCUT2D eigenvalue weighted by atomic mass is 9.80. The van der Waals surface area contributed by atoms with E-state index in [0.717, 1.165) is 35.7 Å². The summed E-state index contributed by atoms with van der Waals surface area (Å²) in [4.78, 5) is 4.88. The van der Waals surface area contributed by atoms with Crippen LogP contribution in [0.25, 0.3) is 17.1 Å². The van der Waals surface area contributed by atoms with Gasteiger partial charge in [-0.1, -0.05) is 84.9 Å². The van der Waals surface area contributed by atoms with Crippen LogP contribution in [0.1, 0.15) is 71.8 Å². The van der Waals surface area contributed by atoms with Crippen LogP contribution in [0.15, 0.2) is 48.5 Å². The Morgan fingerprint density at radius 3 is 1.89 bits per heavy atom. The number of hydrogen-bond acceptors (Lipinski definition) is 2. The number of rotatable bonds is 4.